The Balaban J connectivity index is 1.51. The van der Waals surface area contributed by atoms with E-state index in [1.54, 1.807) is 14.7 Å². The number of rotatable bonds is 7. The normalized spacial score (nSPS) is 30.7. The topological polar surface area (TPSA) is 90.4 Å². The van der Waals surface area contributed by atoms with E-state index < -0.39 is 35.1 Å². The molecule has 4 aliphatic rings. The van der Waals surface area contributed by atoms with E-state index in [1.165, 1.54) is 0 Å². The lowest BCUT2D eigenvalue weighted by Crippen LogP contribution is -2.59. The number of likely N-dealkylation sites (tertiary alicyclic amines) is 1. The molecular formula is C35H41N3O5. The van der Waals surface area contributed by atoms with Crippen LogP contribution < -0.4 is 4.90 Å². The predicted octanol–water partition coefficient (Wildman–Crippen LogP) is 3.59. The number of nitrogens with zero attached hydrogens (tertiary/aromatic N) is 3. The van der Waals surface area contributed by atoms with Gasteiger partial charge in [-0.1, -0.05) is 73.7 Å². The lowest BCUT2D eigenvalue weighted by atomic mass is 9.74. The highest BCUT2D eigenvalue weighted by atomic mass is 16.5. The predicted molar refractivity (Wildman–Crippen MR) is 164 cm³/mol. The van der Waals surface area contributed by atoms with Crippen LogP contribution in [0.3, 0.4) is 0 Å². The van der Waals surface area contributed by atoms with Gasteiger partial charge in [-0.15, -0.1) is 0 Å². The largest absolute Gasteiger partial charge is 0.394 e. The third-order valence-corrected chi connectivity index (χ3v) is 9.65. The number of anilines is 1. The molecule has 1 spiro atoms. The second kappa shape index (κ2) is 11.1. The quantitative estimate of drug-likeness (QED) is 0.504. The summed E-state index contributed by atoms with van der Waals surface area (Å²) in [4.78, 5) is 49.0. The summed E-state index contributed by atoms with van der Waals surface area (Å²) in [5.41, 5.74) is 1.23. The monoisotopic (exact) mass is 583 g/mol. The number of benzene rings is 2. The first-order chi connectivity index (χ1) is 20.6. The molecule has 0 aliphatic carbocycles. The molecule has 8 nitrogen and oxygen atoms in total. The Morgan fingerprint density at radius 1 is 0.953 bits per heavy atom. The van der Waals surface area contributed by atoms with E-state index in [0.717, 1.165) is 28.8 Å². The molecule has 0 saturated carbocycles. The van der Waals surface area contributed by atoms with Crippen LogP contribution in [0.4, 0.5) is 5.69 Å². The van der Waals surface area contributed by atoms with Crippen molar-refractivity contribution in [1.29, 1.82) is 0 Å². The summed E-state index contributed by atoms with van der Waals surface area (Å²) in [6, 6.07) is 13.9. The second-order valence-corrected chi connectivity index (χ2v) is 12.6. The number of carbonyl (C=O) groups excluding carboxylic acids is 3. The van der Waals surface area contributed by atoms with Gasteiger partial charge in [-0.05, 0) is 56.4 Å². The maximum Gasteiger partial charge on any atom is 0.253 e. The zero-order chi connectivity index (χ0) is 30.5. The summed E-state index contributed by atoms with van der Waals surface area (Å²) in [5.74, 6) is -2.46. The SMILES string of the molecule is CCCN1CC=C[C@]2(C)O[C@]34C=CCN(c5cc(C)ccc5C)C(=O)C3N([C@@H](CO)Cc3ccccc3)C(=O)[C@@H]4[C@@H]2C1=O. The average Bonchev–Trinajstić information content (AvgIpc) is 3.27. The van der Waals surface area contributed by atoms with Crippen LogP contribution in [0.2, 0.25) is 0 Å². The van der Waals surface area contributed by atoms with Crippen LogP contribution in [0.25, 0.3) is 0 Å². The molecular weight excluding hydrogens is 542 g/mol. The van der Waals surface area contributed by atoms with Gasteiger partial charge in [0.15, 0.2) is 0 Å². The number of hydrogen-bond acceptors (Lipinski definition) is 5. The van der Waals surface area contributed by atoms with Gasteiger partial charge in [0.1, 0.15) is 11.6 Å². The highest BCUT2D eigenvalue weighted by molar-refractivity contribution is 6.06. The van der Waals surface area contributed by atoms with Crippen LogP contribution >= 0.6 is 0 Å². The van der Waals surface area contributed by atoms with Crippen molar-refractivity contribution in [3.8, 4) is 0 Å². The zero-order valence-electron chi connectivity index (χ0n) is 25.4. The lowest BCUT2D eigenvalue weighted by Gasteiger charge is -2.40. The van der Waals surface area contributed by atoms with Gasteiger partial charge < -0.3 is 24.5 Å². The second-order valence-electron chi connectivity index (χ2n) is 12.6. The highest BCUT2D eigenvalue weighted by Gasteiger charge is 2.75. The van der Waals surface area contributed by atoms with Gasteiger partial charge in [-0.25, -0.2) is 0 Å². The third-order valence-electron chi connectivity index (χ3n) is 9.65. The third kappa shape index (κ3) is 4.62. The molecule has 1 unspecified atom stereocenters. The van der Waals surface area contributed by atoms with Crippen LogP contribution in [0.15, 0.2) is 72.8 Å². The molecule has 2 aromatic rings. The molecule has 6 rings (SSSR count). The minimum Gasteiger partial charge on any atom is -0.394 e. The van der Waals surface area contributed by atoms with Crippen molar-refractivity contribution in [2.75, 3.05) is 31.1 Å². The minimum atomic E-state index is -1.38. The number of aliphatic hydroxyl groups is 1. The number of aliphatic hydroxyl groups excluding tert-OH is 1. The molecule has 2 aromatic carbocycles. The molecule has 2 saturated heterocycles. The van der Waals surface area contributed by atoms with Gasteiger partial charge in [0.25, 0.3) is 5.91 Å². The van der Waals surface area contributed by atoms with E-state index in [2.05, 4.69) is 0 Å². The number of carbonyl (C=O) groups is 3. The zero-order valence-corrected chi connectivity index (χ0v) is 25.4. The maximum atomic E-state index is 14.9. The number of fused-ring (bicyclic) bond motifs is 2. The fourth-order valence-corrected chi connectivity index (χ4v) is 7.74. The van der Waals surface area contributed by atoms with E-state index >= 15 is 0 Å². The molecule has 8 heteroatoms. The summed E-state index contributed by atoms with van der Waals surface area (Å²) in [7, 11) is 0. The molecule has 226 valence electrons. The summed E-state index contributed by atoms with van der Waals surface area (Å²) in [6.07, 6.45) is 8.77. The number of hydrogen-bond donors (Lipinski definition) is 1. The Morgan fingerprint density at radius 3 is 2.42 bits per heavy atom. The Kier molecular flexibility index (Phi) is 7.55. The Hall–Kier alpha value is -3.75. The summed E-state index contributed by atoms with van der Waals surface area (Å²) in [6.45, 7) is 8.83. The van der Waals surface area contributed by atoms with E-state index in [9.17, 15) is 19.5 Å². The van der Waals surface area contributed by atoms with Crippen molar-refractivity contribution in [2.24, 2.45) is 11.8 Å². The summed E-state index contributed by atoms with van der Waals surface area (Å²) in [5, 5.41) is 10.8. The van der Waals surface area contributed by atoms with Crippen LogP contribution in [-0.4, -0.2) is 82.2 Å². The molecule has 4 aliphatic heterocycles. The van der Waals surface area contributed by atoms with Crippen molar-refractivity contribution < 1.29 is 24.2 Å². The van der Waals surface area contributed by atoms with Gasteiger partial charge in [0.05, 0.1) is 30.1 Å². The Morgan fingerprint density at radius 2 is 1.70 bits per heavy atom. The van der Waals surface area contributed by atoms with E-state index in [1.807, 2.05) is 101 Å². The molecule has 6 atom stereocenters. The molecule has 43 heavy (non-hydrogen) atoms. The molecule has 0 aromatic heterocycles. The number of amides is 3. The van der Waals surface area contributed by atoms with Crippen molar-refractivity contribution in [3.63, 3.8) is 0 Å². The molecule has 1 N–H and O–H groups in total. The van der Waals surface area contributed by atoms with Crippen LogP contribution in [0.1, 0.15) is 37.0 Å². The highest BCUT2D eigenvalue weighted by Crippen LogP contribution is 2.58. The smallest absolute Gasteiger partial charge is 0.253 e. The van der Waals surface area contributed by atoms with Crippen molar-refractivity contribution in [1.82, 2.24) is 9.80 Å². The van der Waals surface area contributed by atoms with Crippen LogP contribution in [0, 0.1) is 25.7 Å². The Bertz CT molecular complexity index is 1490. The lowest BCUT2D eigenvalue weighted by molar-refractivity contribution is -0.151. The van der Waals surface area contributed by atoms with E-state index in [0.29, 0.717) is 26.1 Å². The van der Waals surface area contributed by atoms with Gasteiger partial charge in [-0.3, -0.25) is 14.4 Å². The number of ether oxygens (including phenoxy) is 1. The van der Waals surface area contributed by atoms with Gasteiger partial charge in [0, 0.05) is 25.3 Å². The van der Waals surface area contributed by atoms with Crippen molar-refractivity contribution >= 4 is 23.4 Å². The van der Waals surface area contributed by atoms with Gasteiger partial charge >= 0.3 is 0 Å². The Labute approximate surface area is 253 Å². The van der Waals surface area contributed by atoms with Crippen molar-refractivity contribution in [3.05, 3.63) is 89.5 Å². The fourth-order valence-electron chi connectivity index (χ4n) is 7.74. The van der Waals surface area contributed by atoms with Gasteiger partial charge in [0.2, 0.25) is 11.8 Å². The molecule has 3 amide bonds. The standard InChI is InChI=1S/C35H41N3O5/c1-5-17-36-18-9-15-34(4)28(31(36)40)29-32(41)38(26(22-39)21-25-11-7-6-8-12-25)30-33(42)37(19-10-16-35(29,30)43-34)27-20-23(2)13-14-24(27)3/h6-16,20,26,28-30,39H,5,17-19,21-22H2,1-4H3/t26-,28-,29+,30?,34+,35+/m1/s1. The average molecular weight is 584 g/mol. The van der Waals surface area contributed by atoms with E-state index in [4.69, 9.17) is 4.74 Å². The first-order valence-corrected chi connectivity index (χ1v) is 15.3. The molecule has 0 radical (unpaired) electrons. The maximum absolute atomic E-state index is 14.9. The molecule has 2 fully saturated rings. The van der Waals surface area contributed by atoms with Crippen molar-refractivity contribution in [2.45, 2.75) is 63.8 Å². The fraction of sp³-hybridized carbons (Fsp3) is 0.457. The molecule has 4 heterocycles. The number of aryl methyl sites for hydroxylation is 2. The van der Waals surface area contributed by atoms with E-state index in [-0.39, 0.29) is 24.3 Å². The minimum absolute atomic E-state index is 0.134. The first-order valence-electron chi connectivity index (χ1n) is 15.3. The first kappa shape index (κ1) is 29.3. The van der Waals surface area contributed by atoms with Crippen LogP contribution in [0.5, 0.6) is 0 Å². The van der Waals surface area contributed by atoms with Crippen LogP contribution in [-0.2, 0) is 25.5 Å². The van der Waals surface area contributed by atoms with Gasteiger partial charge in [-0.2, -0.15) is 0 Å². The molecule has 0 bridgehead atoms. The summed E-state index contributed by atoms with van der Waals surface area (Å²) >= 11 is 0. The summed E-state index contributed by atoms with van der Waals surface area (Å²) < 4.78 is 6.97.